The molecule has 0 spiro atoms. The molecule has 204 valence electrons. The molecule has 0 aliphatic carbocycles. The molecule has 2 rings (SSSR count). The van der Waals surface area contributed by atoms with E-state index in [1.165, 1.54) is 14.0 Å². The van der Waals surface area contributed by atoms with E-state index in [-0.39, 0.29) is 11.5 Å². The summed E-state index contributed by atoms with van der Waals surface area (Å²) in [5.74, 6) is -1.07. The quantitative estimate of drug-likeness (QED) is 0.0861. The molecule has 2 aliphatic rings. The first-order valence-corrected chi connectivity index (χ1v) is 11.2. The highest BCUT2D eigenvalue weighted by molar-refractivity contribution is 5.73. The molecule has 2 aliphatic heterocycles. The molecule has 8 N–H and O–H groups in total. The Hall–Kier alpha value is -1.89. The van der Waals surface area contributed by atoms with Crippen molar-refractivity contribution in [3.63, 3.8) is 0 Å². The minimum atomic E-state index is -1.62. The van der Waals surface area contributed by atoms with Gasteiger partial charge in [0.1, 0.15) is 24.4 Å². The van der Waals surface area contributed by atoms with Gasteiger partial charge in [0.25, 0.3) is 0 Å². The van der Waals surface area contributed by atoms with Crippen molar-refractivity contribution in [2.45, 2.75) is 82.0 Å². The number of methoxy groups -OCH3 is 1. The fourth-order valence-corrected chi connectivity index (χ4v) is 4.34. The summed E-state index contributed by atoms with van der Waals surface area (Å²) in [4.78, 5) is 11.6. The minimum absolute atomic E-state index is 0.187. The molecule has 5 unspecified atom stereocenters. The Morgan fingerprint density at radius 1 is 1.23 bits per heavy atom. The van der Waals surface area contributed by atoms with Crippen LogP contribution in [0.1, 0.15) is 20.8 Å². The molecule has 35 heavy (non-hydrogen) atoms. The Morgan fingerprint density at radius 2 is 1.83 bits per heavy atom. The summed E-state index contributed by atoms with van der Waals surface area (Å²) in [7, 11) is 1.25. The van der Waals surface area contributed by atoms with Crippen LogP contribution in [-0.4, -0.2) is 130 Å². The topological polar surface area (TPSA) is 235 Å². The SMILES string of the molecule is CO[C@@H]1OC(CO)[C@@H](O[C@@H]2OC(CO)[C@@H](C)[C@H](O)C2NC(C)=O)[C@H](O)C1N(CC(C)N)/[N+]([O-])=N/O. The van der Waals surface area contributed by atoms with Crippen LogP contribution in [0.4, 0.5) is 0 Å². The van der Waals surface area contributed by atoms with Gasteiger partial charge in [-0.3, -0.25) is 4.79 Å². The first-order valence-electron chi connectivity index (χ1n) is 11.2. The van der Waals surface area contributed by atoms with E-state index in [9.17, 15) is 30.4 Å². The standard InChI is InChI=1S/C19H37N5O11/c1-8(20)5-23(24(31)22-30)14-16(29)17(12(7-26)34-19(14)32-4)35-18-13(21-10(3)27)15(28)9(2)11(6-25)33-18/h8-9,11-19,25-26,28-30H,5-7,20H2,1-4H3,(H,21,27)/b24-22-/t8?,9-,11?,12?,13?,14?,15+,16-,17-,18+,19-/m1/s1. The van der Waals surface area contributed by atoms with Crippen LogP contribution in [0, 0.1) is 11.1 Å². The number of nitrogens with zero attached hydrogens (tertiary/aromatic N) is 3. The Balaban J connectivity index is 2.42. The highest BCUT2D eigenvalue weighted by Crippen LogP contribution is 2.33. The Morgan fingerprint density at radius 3 is 2.31 bits per heavy atom. The van der Waals surface area contributed by atoms with Crippen molar-refractivity contribution in [2.24, 2.45) is 16.9 Å². The number of amides is 1. The first kappa shape index (κ1) is 29.3. The van der Waals surface area contributed by atoms with E-state index in [1.807, 2.05) is 0 Å². The van der Waals surface area contributed by atoms with Gasteiger partial charge in [-0.1, -0.05) is 6.92 Å². The zero-order valence-electron chi connectivity index (χ0n) is 20.1. The van der Waals surface area contributed by atoms with Crippen molar-refractivity contribution in [2.75, 3.05) is 26.9 Å². The number of hydrogen-bond acceptors (Lipinski definition) is 12. The molecule has 16 heteroatoms. The molecule has 0 aromatic rings. The first-order chi connectivity index (χ1) is 16.5. The summed E-state index contributed by atoms with van der Waals surface area (Å²) in [5, 5.41) is 68.9. The lowest BCUT2D eigenvalue weighted by Gasteiger charge is -2.49. The second kappa shape index (κ2) is 12.9. The molecule has 0 aromatic heterocycles. The summed E-state index contributed by atoms with van der Waals surface area (Å²) < 4.78 is 22.7. The normalized spacial score (nSPS) is 39.2. The predicted molar refractivity (Wildman–Crippen MR) is 114 cm³/mol. The monoisotopic (exact) mass is 511 g/mol. The van der Waals surface area contributed by atoms with Gasteiger partial charge in [-0.15, -0.1) is 5.01 Å². The number of aliphatic hydroxyl groups is 4. The van der Waals surface area contributed by atoms with Crippen LogP contribution in [0.15, 0.2) is 5.28 Å². The van der Waals surface area contributed by atoms with Crippen molar-refractivity contribution in [1.82, 2.24) is 10.3 Å². The van der Waals surface area contributed by atoms with Crippen molar-refractivity contribution < 1.29 is 54.3 Å². The molecule has 0 radical (unpaired) electrons. The molecular formula is C19H37N5O11. The van der Waals surface area contributed by atoms with Crippen LogP contribution >= 0.6 is 0 Å². The van der Waals surface area contributed by atoms with Gasteiger partial charge >= 0.3 is 0 Å². The molecule has 11 atom stereocenters. The largest absolute Gasteiger partial charge is 0.569 e. The summed E-state index contributed by atoms with van der Waals surface area (Å²) >= 11 is 0. The van der Waals surface area contributed by atoms with E-state index >= 15 is 0 Å². The van der Waals surface area contributed by atoms with Gasteiger partial charge < -0.3 is 60.8 Å². The van der Waals surface area contributed by atoms with E-state index in [0.717, 1.165) is 5.01 Å². The van der Waals surface area contributed by atoms with E-state index in [2.05, 4.69) is 10.6 Å². The van der Waals surface area contributed by atoms with E-state index in [1.54, 1.807) is 13.8 Å². The number of hydrazine groups is 1. The maximum absolute atomic E-state index is 12.3. The van der Waals surface area contributed by atoms with Crippen LogP contribution in [0.25, 0.3) is 0 Å². The third kappa shape index (κ3) is 6.66. The molecule has 2 heterocycles. The summed E-state index contributed by atoms with van der Waals surface area (Å²) in [6, 6.07) is -3.04. The Bertz CT molecular complexity index is 717. The number of nitrogens with one attached hydrogen (secondary N) is 1. The molecule has 2 fully saturated rings. The lowest BCUT2D eigenvalue weighted by molar-refractivity contribution is -0.724. The number of rotatable bonds is 10. The van der Waals surface area contributed by atoms with Crippen LogP contribution in [0.2, 0.25) is 0 Å². The van der Waals surface area contributed by atoms with E-state index in [4.69, 9.17) is 29.9 Å². The van der Waals surface area contributed by atoms with Crippen molar-refractivity contribution in [1.29, 1.82) is 0 Å². The maximum Gasteiger partial charge on any atom is 0.230 e. The van der Waals surface area contributed by atoms with Gasteiger partial charge in [0.15, 0.2) is 18.6 Å². The average molecular weight is 512 g/mol. The zero-order valence-corrected chi connectivity index (χ0v) is 20.1. The third-order valence-corrected chi connectivity index (χ3v) is 6.10. The van der Waals surface area contributed by atoms with Crippen molar-refractivity contribution >= 4 is 5.91 Å². The number of carbonyl (C=O) groups is 1. The lowest BCUT2D eigenvalue weighted by Crippen LogP contribution is -2.69. The van der Waals surface area contributed by atoms with Crippen LogP contribution in [0.3, 0.4) is 0 Å². The van der Waals surface area contributed by atoms with Crippen molar-refractivity contribution in [3.8, 4) is 0 Å². The molecule has 2 saturated heterocycles. The molecular weight excluding hydrogens is 474 g/mol. The highest BCUT2D eigenvalue weighted by atomic mass is 16.7. The fraction of sp³-hybridized carbons (Fsp3) is 0.947. The van der Waals surface area contributed by atoms with E-state index in [0.29, 0.717) is 0 Å². The summed E-state index contributed by atoms with van der Waals surface area (Å²) in [6.45, 7) is 3.13. The van der Waals surface area contributed by atoms with Crippen molar-refractivity contribution in [3.05, 3.63) is 5.21 Å². The van der Waals surface area contributed by atoms with Gasteiger partial charge in [-0.25, -0.2) is 0 Å². The number of ether oxygens (including phenoxy) is 4. The smallest absolute Gasteiger partial charge is 0.230 e. The second-order valence-electron chi connectivity index (χ2n) is 8.79. The van der Waals surface area contributed by atoms with Crippen LogP contribution in [0.5, 0.6) is 0 Å². The third-order valence-electron chi connectivity index (χ3n) is 6.10. The lowest BCUT2D eigenvalue weighted by atomic mass is 9.89. The van der Waals surface area contributed by atoms with Gasteiger partial charge in [-0.2, -0.15) is 0 Å². The fourth-order valence-electron chi connectivity index (χ4n) is 4.34. The number of nitrogens with two attached hydrogens (primary N) is 1. The molecule has 0 aromatic carbocycles. The molecule has 16 nitrogen and oxygen atoms in total. The van der Waals surface area contributed by atoms with Gasteiger partial charge in [-0.05, 0) is 6.92 Å². The number of carbonyl (C=O) groups excluding carboxylic acids is 1. The highest BCUT2D eigenvalue weighted by Gasteiger charge is 2.54. The minimum Gasteiger partial charge on any atom is -0.569 e. The number of aliphatic hydroxyl groups excluding tert-OH is 4. The van der Waals surface area contributed by atoms with Gasteiger partial charge in [0, 0.05) is 26.0 Å². The van der Waals surface area contributed by atoms with Gasteiger partial charge in [0.2, 0.25) is 11.2 Å². The average Bonchev–Trinajstić information content (AvgIpc) is 2.82. The zero-order chi connectivity index (χ0) is 26.4. The Labute approximate surface area is 202 Å². The predicted octanol–water partition coefficient (Wildman–Crippen LogP) is -3.40. The summed E-state index contributed by atoms with van der Waals surface area (Å²) in [5.41, 5.74) is 5.81. The van der Waals surface area contributed by atoms with E-state index < -0.39 is 86.3 Å². The Kier molecular flexibility index (Phi) is 10.8. The van der Waals surface area contributed by atoms with Gasteiger partial charge in [0.05, 0.1) is 36.9 Å². The van der Waals surface area contributed by atoms with Crippen LogP contribution in [-0.2, 0) is 23.7 Å². The molecule has 1 amide bonds. The number of hydrogen-bond donors (Lipinski definition) is 7. The summed E-state index contributed by atoms with van der Waals surface area (Å²) in [6.07, 6.45) is -8.92. The second-order valence-corrected chi connectivity index (χ2v) is 8.79. The molecule has 0 bridgehead atoms. The van der Waals surface area contributed by atoms with Crippen LogP contribution < -0.4 is 11.1 Å². The molecule has 0 saturated carbocycles. The maximum atomic E-state index is 12.3.